The maximum Gasteiger partial charge on any atom is 0.117 e. The molecule has 0 aromatic carbocycles. The van der Waals surface area contributed by atoms with Crippen LogP contribution < -0.4 is 5.32 Å². The molecule has 1 N–H and O–H groups in total. The molecule has 2 aromatic heterocycles. The normalized spacial score (nSPS) is 31.4. The Balaban J connectivity index is 1.19. The summed E-state index contributed by atoms with van der Waals surface area (Å²) < 4.78 is 19.5. The number of hydrogen-bond donors (Lipinski definition) is 1. The lowest BCUT2D eigenvalue weighted by atomic mass is 9.86. The van der Waals surface area contributed by atoms with Gasteiger partial charge >= 0.3 is 0 Å². The van der Waals surface area contributed by atoms with Gasteiger partial charge in [0.05, 0.1) is 37.8 Å². The fourth-order valence-corrected chi connectivity index (χ4v) is 4.78. The molecular weight excluding hydrogens is 344 g/mol. The van der Waals surface area contributed by atoms with Crippen LogP contribution in [0.5, 0.6) is 0 Å². The molecule has 3 aliphatic rings. The van der Waals surface area contributed by atoms with Gasteiger partial charge in [-0.2, -0.15) is 0 Å². The van der Waals surface area contributed by atoms with Crippen LogP contribution >= 0.6 is 0 Å². The van der Waals surface area contributed by atoms with Crippen molar-refractivity contribution in [2.24, 2.45) is 5.92 Å². The number of fused-ring (bicyclic) bond motifs is 1. The summed E-state index contributed by atoms with van der Waals surface area (Å²) in [5.74, 6) is 1.70. The average molecular weight is 372 g/mol. The third-order valence-corrected chi connectivity index (χ3v) is 6.27. The van der Waals surface area contributed by atoms with E-state index in [1.54, 1.807) is 6.26 Å². The molecule has 0 unspecified atom stereocenters. The molecule has 1 aliphatic carbocycles. The Hall–Kier alpha value is -1.70. The largest absolute Gasteiger partial charge is 0.468 e. The minimum atomic E-state index is 0.0309. The molecule has 3 fully saturated rings. The lowest BCUT2D eigenvalue weighted by Crippen LogP contribution is -2.40. The van der Waals surface area contributed by atoms with Gasteiger partial charge in [-0.25, -0.2) is 4.68 Å². The number of ether oxygens (including phenoxy) is 2. The number of furan rings is 1. The van der Waals surface area contributed by atoms with Gasteiger partial charge in [-0.15, -0.1) is 5.10 Å². The van der Waals surface area contributed by atoms with Gasteiger partial charge in [0.25, 0.3) is 0 Å². The molecule has 27 heavy (non-hydrogen) atoms. The minimum absolute atomic E-state index is 0.0309. The Kier molecular flexibility index (Phi) is 4.98. The lowest BCUT2D eigenvalue weighted by molar-refractivity contribution is 0.0619. The molecule has 7 nitrogen and oxygen atoms in total. The van der Waals surface area contributed by atoms with Gasteiger partial charge in [0.15, 0.2) is 0 Å². The third-order valence-electron chi connectivity index (χ3n) is 6.27. The summed E-state index contributed by atoms with van der Waals surface area (Å²) in [5.41, 5.74) is 1.11. The lowest BCUT2D eigenvalue weighted by Gasteiger charge is -2.20. The standard InChI is InChI=1S/C20H28N4O3/c1-2-5-14(6-3-1)9-15-11-24(23-22-15)18-13-27-19-17(12-26-20(18)19)21-10-16-7-4-8-25-16/h4,7-8,11,14,17-21H,1-3,5-6,9-10,12-13H2/t17-,18-,19+,20+/m0/s1. The first-order valence-electron chi connectivity index (χ1n) is 10.3. The zero-order valence-corrected chi connectivity index (χ0v) is 15.6. The second kappa shape index (κ2) is 7.73. The van der Waals surface area contributed by atoms with E-state index in [1.165, 1.54) is 32.1 Å². The highest BCUT2D eigenvalue weighted by molar-refractivity contribution is 5.04. The van der Waals surface area contributed by atoms with Crippen molar-refractivity contribution >= 4 is 0 Å². The van der Waals surface area contributed by atoms with Crippen molar-refractivity contribution in [3.63, 3.8) is 0 Å². The maximum atomic E-state index is 6.08. The van der Waals surface area contributed by atoms with Crippen LogP contribution in [0.15, 0.2) is 29.0 Å². The van der Waals surface area contributed by atoms with Crippen molar-refractivity contribution < 1.29 is 13.9 Å². The summed E-state index contributed by atoms with van der Waals surface area (Å²) >= 11 is 0. The quantitative estimate of drug-likeness (QED) is 0.840. The van der Waals surface area contributed by atoms with Crippen LogP contribution in [0.2, 0.25) is 0 Å². The first-order chi connectivity index (χ1) is 13.4. The molecule has 1 saturated carbocycles. The van der Waals surface area contributed by atoms with Crippen molar-refractivity contribution in [3.8, 4) is 0 Å². The van der Waals surface area contributed by atoms with Crippen LogP contribution in [-0.2, 0) is 22.4 Å². The van der Waals surface area contributed by atoms with Gasteiger partial charge in [0, 0.05) is 6.20 Å². The third kappa shape index (κ3) is 3.68. The highest BCUT2D eigenvalue weighted by Gasteiger charge is 2.48. The monoisotopic (exact) mass is 372 g/mol. The molecule has 2 saturated heterocycles. The van der Waals surface area contributed by atoms with E-state index in [9.17, 15) is 0 Å². The molecule has 0 amide bonds. The summed E-state index contributed by atoms with van der Waals surface area (Å²) in [5, 5.41) is 12.3. The smallest absolute Gasteiger partial charge is 0.117 e. The predicted octanol–water partition coefficient (Wildman–Crippen LogP) is 2.49. The van der Waals surface area contributed by atoms with Crippen LogP contribution in [0, 0.1) is 5.92 Å². The fraction of sp³-hybridized carbons (Fsp3) is 0.700. The summed E-state index contributed by atoms with van der Waals surface area (Å²) in [6.07, 6.45) is 11.7. The molecule has 0 radical (unpaired) electrons. The van der Waals surface area contributed by atoms with Gasteiger partial charge in [0.1, 0.15) is 24.0 Å². The van der Waals surface area contributed by atoms with E-state index in [0.29, 0.717) is 19.8 Å². The molecule has 0 spiro atoms. The highest BCUT2D eigenvalue weighted by atomic mass is 16.6. The Labute approximate surface area is 159 Å². The van der Waals surface area contributed by atoms with E-state index in [0.717, 1.165) is 23.8 Å². The van der Waals surface area contributed by atoms with Gasteiger partial charge in [-0.1, -0.05) is 37.3 Å². The first kappa shape index (κ1) is 17.4. The molecule has 4 heterocycles. The van der Waals surface area contributed by atoms with Crippen molar-refractivity contribution in [3.05, 3.63) is 36.0 Å². The van der Waals surface area contributed by atoms with Gasteiger partial charge in [0.2, 0.25) is 0 Å². The molecule has 7 heteroatoms. The number of aromatic nitrogens is 3. The van der Waals surface area contributed by atoms with Crippen LogP contribution in [0.25, 0.3) is 0 Å². The molecule has 146 valence electrons. The summed E-state index contributed by atoms with van der Waals surface area (Å²) in [7, 11) is 0. The molecule has 4 atom stereocenters. The van der Waals surface area contributed by atoms with Crippen molar-refractivity contribution in [2.45, 2.75) is 69.4 Å². The number of rotatable bonds is 6. The average Bonchev–Trinajstić information content (AvgIpc) is 3.46. The molecule has 2 aliphatic heterocycles. The van der Waals surface area contributed by atoms with Crippen molar-refractivity contribution in [1.29, 1.82) is 0 Å². The van der Waals surface area contributed by atoms with Crippen LogP contribution in [0.1, 0.15) is 49.6 Å². The van der Waals surface area contributed by atoms with Crippen LogP contribution in [-0.4, -0.2) is 46.5 Å². The van der Waals surface area contributed by atoms with Gasteiger partial charge in [-0.3, -0.25) is 0 Å². The van der Waals surface area contributed by atoms with Crippen LogP contribution in [0.4, 0.5) is 0 Å². The highest BCUT2D eigenvalue weighted by Crippen LogP contribution is 2.34. The van der Waals surface area contributed by atoms with Gasteiger partial charge < -0.3 is 19.2 Å². The Bertz CT molecular complexity index is 725. The fourth-order valence-electron chi connectivity index (χ4n) is 4.78. The minimum Gasteiger partial charge on any atom is -0.468 e. The summed E-state index contributed by atoms with van der Waals surface area (Å²) in [6.45, 7) is 1.96. The number of nitrogens with one attached hydrogen (secondary N) is 1. The summed E-state index contributed by atoms with van der Waals surface area (Å²) in [4.78, 5) is 0. The van der Waals surface area contributed by atoms with E-state index < -0.39 is 0 Å². The van der Waals surface area contributed by atoms with Gasteiger partial charge in [-0.05, 0) is 24.5 Å². The second-order valence-corrected chi connectivity index (χ2v) is 8.13. The van der Waals surface area contributed by atoms with E-state index in [2.05, 4.69) is 21.8 Å². The maximum absolute atomic E-state index is 6.08. The van der Waals surface area contributed by atoms with Crippen LogP contribution in [0.3, 0.4) is 0 Å². The Morgan fingerprint density at radius 1 is 1.11 bits per heavy atom. The zero-order chi connectivity index (χ0) is 18.1. The summed E-state index contributed by atoms with van der Waals surface area (Å²) in [6, 6.07) is 4.17. The topological polar surface area (TPSA) is 74.3 Å². The Morgan fingerprint density at radius 2 is 2.00 bits per heavy atom. The number of hydrogen-bond acceptors (Lipinski definition) is 6. The SMILES string of the molecule is c1coc(CN[C@H]2CO[C@H]3[C@@H]2OC[C@@H]3n2cc(CC3CCCCC3)nn2)c1. The second-order valence-electron chi connectivity index (χ2n) is 8.13. The Morgan fingerprint density at radius 3 is 2.85 bits per heavy atom. The first-order valence-corrected chi connectivity index (χ1v) is 10.3. The molecule has 0 bridgehead atoms. The molecular formula is C20H28N4O3. The zero-order valence-electron chi connectivity index (χ0n) is 15.6. The van der Waals surface area contributed by atoms with E-state index in [-0.39, 0.29) is 24.3 Å². The molecule has 2 aromatic rings. The molecule has 5 rings (SSSR count). The predicted molar refractivity (Wildman–Crippen MR) is 98.2 cm³/mol. The van der Waals surface area contributed by atoms with E-state index >= 15 is 0 Å². The van der Waals surface area contributed by atoms with Crippen molar-refractivity contribution in [2.75, 3.05) is 13.2 Å². The van der Waals surface area contributed by atoms with Crippen molar-refractivity contribution in [1.82, 2.24) is 20.3 Å². The van der Waals surface area contributed by atoms with E-state index in [4.69, 9.17) is 13.9 Å². The van der Waals surface area contributed by atoms with E-state index in [1.807, 2.05) is 16.8 Å². The number of nitrogens with zero attached hydrogens (tertiary/aromatic N) is 3.